The topological polar surface area (TPSA) is 41.6 Å². The number of carbonyl (C=O) groups excluding carboxylic acids is 1. The fourth-order valence-corrected chi connectivity index (χ4v) is 2.65. The van der Waals surface area contributed by atoms with Crippen molar-refractivity contribution in [3.63, 3.8) is 0 Å². The van der Waals surface area contributed by atoms with E-state index in [9.17, 15) is 4.79 Å². The molecule has 20 heavy (non-hydrogen) atoms. The first-order valence-electron chi connectivity index (χ1n) is 7.15. The summed E-state index contributed by atoms with van der Waals surface area (Å²) in [7, 11) is 1.80. The quantitative estimate of drug-likeness (QED) is 0.915. The van der Waals surface area contributed by atoms with Gasteiger partial charge in [-0.25, -0.2) is 0 Å². The van der Waals surface area contributed by atoms with Crippen LogP contribution in [0, 0.1) is 13.8 Å². The Morgan fingerprint density at radius 1 is 1.45 bits per heavy atom. The Morgan fingerprint density at radius 2 is 2.20 bits per heavy atom. The van der Waals surface area contributed by atoms with E-state index in [2.05, 4.69) is 37.4 Å². The van der Waals surface area contributed by atoms with Crippen molar-refractivity contribution in [2.45, 2.75) is 32.9 Å². The maximum absolute atomic E-state index is 12.1. The zero-order valence-electron chi connectivity index (χ0n) is 12.8. The van der Waals surface area contributed by atoms with Crippen LogP contribution in [0.1, 0.15) is 29.7 Å². The summed E-state index contributed by atoms with van der Waals surface area (Å²) < 4.78 is 5.96. The highest BCUT2D eigenvalue weighted by Gasteiger charge is 2.30. The van der Waals surface area contributed by atoms with Gasteiger partial charge in [0.15, 0.2) is 0 Å². The third kappa shape index (κ3) is 3.19. The summed E-state index contributed by atoms with van der Waals surface area (Å²) in [6, 6.07) is 6.52. The van der Waals surface area contributed by atoms with Gasteiger partial charge in [0.25, 0.3) is 0 Å². The minimum absolute atomic E-state index is 0.0214. The molecule has 2 rings (SSSR count). The number of amides is 1. The van der Waals surface area contributed by atoms with Crippen molar-refractivity contribution >= 4 is 5.91 Å². The molecule has 1 aliphatic rings. The lowest BCUT2D eigenvalue weighted by Gasteiger charge is -2.38. The molecule has 1 amide bonds. The summed E-state index contributed by atoms with van der Waals surface area (Å²) in [6.45, 7) is 7.81. The van der Waals surface area contributed by atoms with Gasteiger partial charge < -0.3 is 15.0 Å². The van der Waals surface area contributed by atoms with Crippen LogP contribution in [0.25, 0.3) is 0 Å². The van der Waals surface area contributed by atoms with E-state index in [-0.39, 0.29) is 18.1 Å². The molecule has 0 aliphatic carbocycles. The molecule has 2 atom stereocenters. The number of nitrogens with one attached hydrogen (secondary N) is 1. The van der Waals surface area contributed by atoms with Crippen molar-refractivity contribution < 1.29 is 9.53 Å². The average Bonchev–Trinajstić information content (AvgIpc) is 2.42. The van der Waals surface area contributed by atoms with Gasteiger partial charge in [0.1, 0.15) is 6.10 Å². The van der Waals surface area contributed by atoms with E-state index in [0.29, 0.717) is 19.7 Å². The number of morpholine rings is 1. The van der Waals surface area contributed by atoms with Crippen LogP contribution >= 0.6 is 0 Å². The monoisotopic (exact) mass is 276 g/mol. The number of aryl methyl sites for hydroxylation is 2. The lowest BCUT2D eigenvalue weighted by molar-refractivity contribution is -0.143. The van der Waals surface area contributed by atoms with Crippen molar-refractivity contribution in [1.82, 2.24) is 10.2 Å². The molecule has 0 radical (unpaired) electrons. The van der Waals surface area contributed by atoms with Crippen molar-refractivity contribution in [2.24, 2.45) is 0 Å². The Labute approximate surface area is 121 Å². The Balaban J connectivity index is 2.18. The summed E-state index contributed by atoms with van der Waals surface area (Å²) in [4.78, 5) is 14.1. The highest BCUT2D eigenvalue weighted by atomic mass is 16.5. The lowest BCUT2D eigenvalue weighted by Crippen LogP contribution is -2.50. The first-order chi connectivity index (χ1) is 9.52. The number of hydrogen-bond acceptors (Lipinski definition) is 3. The van der Waals surface area contributed by atoms with Crippen LogP contribution in [0.15, 0.2) is 18.2 Å². The highest BCUT2D eigenvalue weighted by molar-refractivity contribution is 5.78. The van der Waals surface area contributed by atoms with Crippen LogP contribution in [-0.4, -0.2) is 43.6 Å². The Hall–Kier alpha value is -1.39. The number of carbonyl (C=O) groups is 1. The maximum atomic E-state index is 12.1. The largest absolute Gasteiger partial charge is 0.370 e. The predicted octanol–water partition coefficient (Wildman–Crippen LogP) is 1.81. The molecule has 110 valence electrons. The highest BCUT2D eigenvalue weighted by Crippen LogP contribution is 2.28. The smallest absolute Gasteiger partial charge is 0.236 e. The molecule has 1 saturated heterocycles. The molecule has 1 heterocycles. The number of benzene rings is 1. The number of rotatable bonds is 3. The fourth-order valence-electron chi connectivity index (χ4n) is 2.65. The zero-order chi connectivity index (χ0) is 14.7. The van der Waals surface area contributed by atoms with Crippen LogP contribution < -0.4 is 5.32 Å². The van der Waals surface area contributed by atoms with Crippen LogP contribution in [0.4, 0.5) is 0 Å². The van der Waals surface area contributed by atoms with Crippen LogP contribution in [0.5, 0.6) is 0 Å². The molecule has 1 N–H and O–H groups in total. The summed E-state index contributed by atoms with van der Waals surface area (Å²) in [5.41, 5.74) is 3.64. The van der Waals surface area contributed by atoms with Crippen LogP contribution in [0.3, 0.4) is 0 Å². The molecular formula is C16H24N2O2. The maximum Gasteiger partial charge on any atom is 0.236 e. The summed E-state index contributed by atoms with van der Waals surface area (Å²) in [6.07, 6.45) is -0.0214. The second-order valence-corrected chi connectivity index (χ2v) is 5.61. The van der Waals surface area contributed by atoms with Gasteiger partial charge in [-0.2, -0.15) is 0 Å². The third-order valence-electron chi connectivity index (χ3n) is 3.86. The third-order valence-corrected chi connectivity index (χ3v) is 3.86. The van der Waals surface area contributed by atoms with Crippen LogP contribution in [0.2, 0.25) is 0 Å². The molecule has 2 unspecified atom stereocenters. The summed E-state index contributed by atoms with van der Waals surface area (Å²) in [5, 5.41) is 2.93. The molecule has 0 spiro atoms. The van der Waals surface area contributed by atoms with Crippen LogP contribution in [-0.2, 0) is 9.53 Å². The fraction of sp³-hybridized carbons (Fsp3) is 0.562. The molecule has 1 aromatic rings. The van der Waals surface area contributed by atoms with Gasteiger partial charge in [0.2, 0.25) is 5.91 Å². The molecule has 1 fully saturated rings. The molecule has 4 heteroatoms. The zero-order valence-corrected chi connectivity index (χ0v) is 12.8. The van der Waals surface area contributed by atoms with E-state index in [1.165, 1.54) is 16.7 Å². The Morgan fingerprint density at radius 3 is 2.90 bits per heavy atom. The first-order valence-corrected chi connectivity index (χ1v) is 7.15. The van der Waals surface area contributed by atoms with Gasteiger partial charge in [-0.15, -0.1) is 0 Å². The normalized spacial score (nSPS) is 22.9. The molecule has 0 saturated carbocycles. The Bertz CT molecular complexity index is 487. The number of nitrogens with zero attached hydrogens (tertiary/aromatic N) is 1. The van der Waals surface area contributed by atoms with E-state index < -0.39 is 0 Å². The van der Waals surface area contributed by atoms with Gasteiger partial charge >= 0.3 is 0 Å². The molecule has 1 aliphatic heterocycles. The van der Waals surface area contributed by atoms with Crippen molar-refractivity contribution in [2.75, 3.05) is 26.7 Å². The number of ether oxygens (including phenoxy) is 1. The SMILES string of the molecule is CNCC(=O)N1CC(c2cc(C)ccc2C)OCC1C. The number of hydrogen-bond donors (Lipinski definition) is 1. The van der Waals surface area contributed by atoms with E-state index in [1.54, 1.807) is 7.05 Å². The van der Waals surface area contributed by atoms with Gasteiger partial charge in [-0.1, -0.05) is 23.8 Å². The lowest BCUT2D eigenvalue weighted by atomic mass is 9.99. The van der Waals surface area contributed by atoms with Crippen molar-refractivity contribution in [3.8, 4) is 0 Å². The van der Waals surface area contributed by atoms with Crippen molar-refractivity contribution in [1.29, 1.82) is 0 Å². The van der Waals surface area contributed by atoms with E-state index in [0.717, 1.165) is 0 Å². The van der Waals surface area contributed by atoms with E-state index in [4.69, 9.17) is 4.74 Å². The van der Waals surface area contributed by atoms with E-state index in [1.807, 2.05) is 11.8 Å². The molecule has 0 aromatic heterocycles. The summed E-state index contributed by atoms with van der Waals surface area (Å²) >= 11 is 0. The van der Waals surface area contributed by atoms with Gasteiger partial charge in [0.05, 0.1) is 25.7 Å². The second kappa shape index (κ2) is 6.37. The Kier molecular flexibility index (Phi) is 4.78. The minimum atomic E-state index is -0.0214. The molecular weight excluding hydrogens is 252 g/mol. The van der Waals surface area contributed by atoms with Crippen molar-refractivity contribution in [3.05, 3.63) is 34.9 Å². The van der Waals surface area contributed by atoms with Gasteiger partial charge in [0, 0.05) is 0 Å². The van der Waals surface area contributed by atoms with Gasteiger partial charge in [-0.05, 0) is 38.9 Å². The minimum Gasteiger partial charge on any atom is -0.370 e. The van der Waals surface area contributed by atoms with E-state index >= 15 is 0 Å². The molecule has 4 nitrogen and oxygen atoms in total. The predicted molar refractivity (Wildman–Crippen MR) is 79.7 cm³/mol. The standard InChI is InChI=1S/C16H24N2O2/c1-11-5-6-12(2)14(7-11)15-9-18(13(3)10-20-15)16(19)8-17-4/h5-7,13,15,17H,8-10H2,1-4H3. The number of likely N-dealkylation sites (N-methyl/N-ethyl adjacent to an activating group) is 1. The average molecular weight is 276 g/mol. The first kappa shape index (κ1) is 15.0. The molecule has 0 bridgehead atoms. The van der Waals surface area contributed by atoms with Gasteiger partial charge in [-0.3, -0.25) is 4.79 Å². The molecule has 1 aromatic carbocycles. The summed E-state index contributed by atoms with van der Waals surface area (Å²) in [5.74, 6) is 0.138. The second-order valence-electron chi connectivity index (χ2n) is 5.61.